The summed E-state index contributed by atoms with van der Waals surface area (Å²) in [6.45, 7) is 9.13. The van der Waals surface area contributed by atoms with Crippen LogP contribution in [0, 0.1) is 12.7 Å². The van der Waals surface area contributed by atoms with Gasteiger partial charge in [-0.3, -0.25) is 0 Å². The normalized spacial score (nSPS) is 12.6. The minimum Gasteiger partial charge on any atom is -0.454 e. The average Bonchev–Trinajstić information content (AvgIpc) is 3.32. The van der Waals surface area contributed by atoms with Crippen molar-refractivity contribution in [2.75, 3.05) is 0 Å². The van der Waals surface area contributed by atoms with E-state index in [2.05, 4.69) is 68.6 Å². The van der Waals surface area contributed by atoms with Gasteiger partial charge in [-0.25, -0.2) is 8.96 Å². The molecule has 7 aromatic rings. The number of halogens is 1. The maximum atomic E-state index is 16.0. The van der Waals surface area contributed by atoms with E-state index < -0.39 is 13.9 Å². The Labute approximate surface area is 235 Å². The topological polar surface area (TPSA) is 17.0 Å². The second-order valence-corrected chi connectivity index (χ2v) is 16.9. The lowest BCUT2D eigenvalue weighted by Crippen LogP contribution is -2.45. The molecule has 0 N–H and O–H groups in total. The van der Waals surface area contributed by atoms with E-state index in [1.807, 2.05) is 48.5 Å². The van der Waals surface area contributed by atoms with Crippen LogP contribution in [0.1, 0.15) is 6.93 Å². The summed E-state index contributed by atoms with van der Waals surface area (Å²) in [5.74, 6) is -0.395. The Morgan fingerprint density at radius 1 is 0.725 bits per heavy atom. The van der Waals surface area contributed by atoms with Crippen LogP contribution < -0.4 is 9.75 Å². The fourth-order valence-corrected chi connectivity index (χ4v) is 7.17. The van der Waals surface area contributed by atoms with Crippen LogP contribution >= 0.6 is 0 Å². The fourth-order valence-electron chi connectivity index (χ4n) is 6.00. The van der Waals surface area contributed by atoms with Gasteiger partial charge in [-0.05, 0) is 57.8 Å². The van der Waals surface area contributed by atoms with Gasteiger partial charge in [-0.2, -0.15) is 0 Å². The summed E-state index contributed by atoms with van der Waals surface area (Å²) >= 11 is 0. The van der Waals surface area contributed by atoms with Gasteiger partial charge in [-0.15, -0.1) is 0 Å². The molecular formula is C36H31FNOSi+. The van der Waals surface area contributed by atoms with Crippen molar-refractivity contribution in [2.24, 2.45) is 7.05 Å². The third-order valence-electron chi connectivity index (χ3n) is 8.15. The van der Waals surface area contributed by atoms with E-state index in [1.54, 1.807) is 6.07 Å². The third-order valence-corrected chi connectivity index (χ3v) is 10.2. The molecule has 0 saturated heterocycles. The van der Waals surface area contributed by atoms with Crippen LogP contribution in [0.25, 0.3) is 65.9 Å². The van der Waals surface area contributed by atoms with E-state index in [0.717, 1.165) is 54.7 Å². The molecule has 0 saturated carbocycles. The Kier molecular flexibility index (Phi) is 5.23. The molecule has 2 heterocycles. The van der Waals surface area contributed by atoms with E-state index in [0.29, 0.717) is 22.8 Å². The summed E-state index contributed by atoms with van der Waals surface area (Å²) in [6.07, 6.45) is 2.24. The Morgan fingerprint density at radius 3 is 2.10 bits per heavy atom. The molecule has 0 spiro atoms. The minimum atomic E-state index is -1.48. The van der Waals surface area contributed by atoms with Crippen molar-refractivity contribution < 1.29 is 14.7 Å². The van der Waals surface area contributed by atoms with E-state index in [1.165, 1.54) is 11.3 Å². The lowest BCUT2D eigenvalue weighted by atomic mass is 9.92. The second-order valence-electron chi connectivity index (χ2n) is 11.8. The average molecular weight is 542 g/mol. The molecule has 2 nitrogen and oxygen atoms in total. The van der Waals surface area contributed by atoms with E-state index >= 15 is 4.39 Å². The van der Waals surface area contributed by atoms with E-state index in [9.17, 15) is 1.37 Å². The maximum Gasteiger partial charge on any atom is 0.216 e. The molecule has 0 radical (unpaired) electrons. The minimum absolute atomic E-state index is 0.302. The predicted octanol–water partition coefficient (Wildman–Crippen LogP) is 9.04. The molecule has 5 aromatic carbocycles. The SMILES string of the molecule is [2H]c1c(-c2c(F)ccc3c2oc2c(-c4ccc([Si](C)(C)C)c[n+]4C)c(C)ccc23)c2ccccc2c2ccccc12. The Balaban J connectivity index is 1.58. The zero-order valence-corrected chi connectivity index (χ0v) is 24.4. The number of aryl methyl sites for hydroxylation is 2. The highest BCUT2D eigenvalue weighted by Crippen LogP contribution is 2.44. The largest absolute Gasteiger partial charge is 0.454 e. The first-order valence-corrected chi connectivity index (χ1v) is 17.2. The van der Waals surface area contributed by atoms with Gasteiger partial charge in [0.1, 0.15) is 24.0 Å². The molecule has 0 aliphatic rings. The molecule has 4 heteroatoms. The van der Waals surface area contributed by atoms with Gasteiger partial charge in [0, 0.05) is 22.0 Å². The predicted molar refractivity (Wildman–Crippen MR) is 168 cm³/mol. The summed E-state index contributed by atoms with van der Waals surface area (Å²) in [4.78, 5) is 0. The van der Waals surface area contributed by atoms with Crippen molar-refractivity contribution in [1.29, 1.82) is 0 Å². The Hall–Kier alpha value is -4.28. The zero-order chi connectivity index (χ0) is 28.6. The van der Waals surface area contributed by atoms with Crippen molar-refractivity contribution in [2.45, 2.75) is 26.6 Å². The Bertz CT molecular complexity index is 2190. The van der Waals surface area contributed by atoms with Crippen LogP contribution in [0.4, 0.5) is 4.39 Å². The van der Waals surface area contributed by atoms with Crippen LogP contribution in [-0.2, 0) is 7.05 Å². The van der Waals surface area contributed by atoms with Crippen molar-refractivity contribution in [3.63, 3.8) is 0 Å². The number of nitrogens with zero attached hydrogens (tertiary/aromatic N) is 1. The van der Waals surface area contributed by atoms with Gasteiger partial charge < -0.3 is 4.42 Å². The molecule has 0 unspecified atom stereocenters. The summed E-state index contributed by atoms with van der Waals surface area (Å²) in [5.41, 5.74) is 5.25. The number of rotatable bonds is 3. The molecule has 0 amide bonds. The monoisotopic (exact) mass is 541 g/mol. The van der Waals surface area contributed by atoms with Crippen LogP contribution in [0.2, 0.25) is 19.6 Å². The van der Waals surface area contributed by atoms with Gasteiger partial charge in [0.05, 0.1) is 20.6 Å². The molecule has 0 bridgehead atoms. The van der Waals surface area contributed by atoms with Gasteiger partial charge in [0.25, 0.3) is 0 Å². The molecule has 0 aliphatic carbocycles. The Morgan fingerprint density at radius 2 is 1.38 bits per heavy atom. The second kappa shape index (κ2) is 8.87. The number of pyridine rings is 1. The summed E-state index contributed by atoms with van der Waals surface area (Å²) in [7, 11) is 0.597. The van der Waals surface area contributed by atoms with Crippen LogP contribution in [0.5, 0.6) is 0 Å². The van der Waals surface area contributed by atoms with Crippen molar-refractivity contribution in [3.8, 4) is 22.4 Å². The fraction of sp³-hybridized carbons (Fsp3) is 0.139. The quantitative estimate of drug-likeness (QED) is 0.124. The molecule has 40 heavy (non-hydrogen) atoms. The standard InChI is InChI=1S/C36H31FNOSi/c1-22-14-16-28-29-17-18-31(37)34(30-20-23-10-6-7-11-25(23)26-12-8-9-13-27(26)30)36(29)39-35(28)33(22)32-19-15-24(21-38(32)2)40(3,4)5/h6-21H,1-5H3/q+1/i20D. The lowest BCUT2D eigenvalue weighted by molar-refractivity contribution is -0.659. The summed E-state index contributed by atoms with van der Waals surface area (Å²) in [5, 5.41) is 6.78. The maximum absolute atomic E-state index is 16.0. The van der Waals surface area contributed by atoms with Crippen molar-refractivity contribution in [3.05, 3.63) is 109 Å². The van der Waals surface area contributed by atoms with E-state index in [4.69, 9.17) is 4.42 Å². The molecule has 7 rings (SSSR count). The van der Waals surface area contributed by atoms with Crippen LogP contribution in [0.15, 0.2) is 102 Å². The summed E-state index contributed by atoms with van der Waals surface area (Å²) < 4.78 is 34.2. The van der Waals surface area contributed by atoms with Gasteiger partial charge in [0.15, 0.2) is 6.20 Å². The lowest BCUT2D eigenvalue weighted by Gasteiger charge is -2.15. The molecule has 0 aliphatic heterocycles. The van der Waals surface area contributed by atoms with Crippen molar-refractivity contribution in [1.82, 2.24) is 0 Å². The zero-order valence-electron chi connectivity index (χ0n) is 24.4. The van der Waals surface area contributed by atoms with E-state index in [-0.39, 0.29) is 0 Å². The van der Waals surface area contributed by atoms with Crippen molar-refractivity contribution >= 4 is 56.7 Å². The number of hydrogen-bond acceptors (Lipinski definition) is 1. The highest BCUT2D eigenvalue weighted by Gasteiger charge is 2.26. The molecule has 0 fully saturated rings. The molecule has 0 atom stereocenters. The molecule has 196 valence electrons. The molecular weight excluding hydrogens is 509 g/mol. The smallest absolute Gasteiger partial charge is 0.216 e. The number of furan rings is 1. The first-order chi connectivity index (χ1) is 19.6. The van der Waals surface area contributed by atoms with Gasteiger partial charge >= 0.3 is 0 Å². The van der Waals surface area contributed by atoms with Crippen LogP contribution in [0.3, 0.4) is 0 Å². The number of hydrogen-bond donors (Lipinski definition) is 0. The van der Waals surface area contributed by atoms with Crippen LogP contribution in [-0.4, -0.2) is 8.07 Å². The first-order valence-electron chi connectivity index (χ1n) is 14.2. The van der Waals surface area contributed by atoms with Gasteiger partial charge in [0.2, 0.25) is 5.69 Å². The molecule has 2 aromatic heterocycles. The third kappa shape index (κ3) is 3.70. The van der Waals surface area contributed by atoms with Gasteiger partial charge in [-0.1, -0.05) is 86.4 Å². The number of aromatic nitrogens is 1. The first kappa shape index (κ1) is 23.6. The summed E-state index contributed by atoms with van der Waals surface area (Å²) in [6, 6.07) is 28.1. The highest BCUT2D eigenvalue weighted by molar-refractivity contribution is 6.88. The number of benzene rings is 5. The highest BCUT2D eigenvalue weighted by atomic mass is 28.3. The number of fused-ring (bicyclic) bond motifs is 6.